The molecule has 0 spiro atoms. The summed E-state index contributed by atoms with van der Waals surface area (Å²) in [5.74, 6) is 0.324. The molecule has 168 valence electrons. The molecule has 0 saturated carbocycles. The Morgan fingerprint density at radius 1 is 1.10 bits per heavy atom. The van der Waals surface area contributed by atoms with E-state index in [4.69, 9.17) is 9.47 Å². The highest BCUT2D eigenvalue weighted by Crippen LogP contribution is 2.32. The lowest BCUT2D eigenvalue weighted by atomic mass is 10.1. The number of nitrogens with zero attached hydrogens (tertiary/aromatic N) is 2. The molecule has 0 bridgehead atoms. The van der Waals surface area contributed by atoms with Crippen LogP contribution in [0.25, 0.3) is 0 Å². The van der Waals surface area contributed by atoms with Crippen molar-refractivity contribution in [1.29, 1.82) is 0 Å². The van der Waals surface area contributed by atoms with Gasteiger partial charge in [0.2, 0.25) is 11.8 Å². The molecule has 8 nitrogen and oxygen atoms in total. The molecule has 0 atom stereocenters. The fourth-order valence-corrected chi connectivity index (χ4v) is 4.21. The van der Waals surface area contributed by atoms with Crippen LogP contribution >= 0.6 is 11.8 Å². The molecule has 1 aromatic carbocycles. The first kappa shape index (κ1) is 23.1. The Morgan fingerprint density at radius 3 is 2.65 bits per heavy atom. The van der Waals surface area contributed by atoms with Gasteiger partial charge in [-0.05, 0) is 18.6 Å². The number of ether oxygens (including phenoxy) is 2. The van der Waals surface area contributed by atoms with E-state index in [9.17, 15) is 14.4 Å². The summed E-state index contributed by atoms with van der Waals surface area (Å²) in [6.45, 7) is 3.67. The lowest BCUT2D eigenvalue weighted by Gasteiger charge is -2.26. The molecule has 3 amide bonds. The van der Waals surface area contributed by atoms with Gasteiger partial charge in [0, 0.05) is 18.3 Å². The minimum atomic E-state index is -0.459. The number of thioether (sulfide) groups is 1. The van der Waals surface area contributed by atoms with Gasteiger partial charge in [0.25, 0.3) is 5.91 Å². The number of amidine groups is 1. The molecule has 0 unspecified atom stereocenters. The Bertz CT molecular complexity index is 842. The SMILES string of the molecule is CCCCCCCCN1C(=O)CC(=O)N=C1SCC(=O)Nc1ccc2c(c1)OCCO2. The lowest BCUT2D eigenvalue weighted by Crippen LogP contribution is -2.41. The van der Waals surface area contributed by atoms with Gasteiger partial charge in [-0.15, -0.1) is 0 Å². The summed E-state index contributed by atoms with van der Waals surface area (Å²) in [6, 6.07) is 5.21. The van der Waals surface area contributed by atoms with E-state index in [0.717, 1.165) is 31.0 Å². The van der Waals surface area contributed by atoms with E-state index in [0.29, 0.717) is 42.1 Å². The van der Waals surface area contributed by atoms with Crippen LogP contribution in [0.1, 0.15) is 51.9 Å². The summed E-state index contributed by atoms with van der Waals surface area (Å²) in [5.41, 5.74) is 0.594. The molecule has 3 rings (SSSR count). The van der Waals surface area contributed by atoms with E-state index in [2.05, 4.69) is 17.2 Å². The molecule has 31 heavy (non-hydrogen) atoms. The second-order valence-corrected chi connectivity index (χ2v) is 8.42. The zero-order valence-corrected chi connectivity index (χ0v) is 18.7. The van der Waals surface area contributed by atoms with Gasteiger partial charge in [-0.1, -0.05) is 50.8 Å². The van der Waals surface area contributed by atoms with Gasteiger partial charge in [-0.25, -0.2) is 0 Å². The summed E-state index contributed by atoms with van der Waals surface area (Å²) in [7, 11) is 0. The number of hydrogen-bond acceptors (Lipinski definition) is 6. The summed E-state index contributed by atoms with van der Waals surface area (Å²) < 4.78 is 11.0. The van der Waals surface area contributed by atoms with Crippen molar-refractivity contribution < 1.29 is 23.9 Å². The van der Waals surface area contributed by atoms with E-state index >= 15 is 0 Å². The minimum absolute atomic E-state index is 0.0425. The smallest absolute Gasteiger partial charge is 0.257 e. The van der Waals surface area contributed by atoms with Crippen LogP contribution in [0.4, 0.5) is 5.69 Å². The van der Waals surface area contributed by atoms with Crippen LogP contribution in [0.3, 0.4) is 0 Å². The summed E-state index contributed by atoms with van der Waals surface area (Å²) >= 11 is 1.11. The molecule has 2 heterocycles. The number of anilines is 1. The van der Waals surface area contributed by atoms with Gasteiger partial charge in [-0.3, -0.25) is 19.3 Å². The Balaban J connectivity index is 1.50. The maximum atomic E-state index is 12.4. The number of carbonyl (C=O) groups is 3. The number of amides is 3. The van der Waals surface area contributed by atoms with Crippen LogP contribution in [0, 0.1) is 0 Å². The van der Waals surface area contributed by atoms with Crippen LogP contribution < -0.4 is 14.8 Å². The molecule has 0 aromatic heterocycles. The molecule has 0 radical (unpaired) electrons. The van der Waals surface area contributed by atoms with Gasteiger partial charge < -0.3 is 14.8 Å². The first-order chi connectivity index (χ1) is 15.1. The predicted octanol–water partition coefficient (Wildman–Crippen LogP) is 3.60. The molecule has 2 aliphatic heterocycles. The fourth-order valence-electron chi connectivity index (χ4n) is 3.37. The number of aliphatic imine (C=N–C) groups is 1. The fraction of sp³-hybridized carbons (Fsp3) is 0.545. The number of nitrogens with one attached hydrogen (secondary N) is 1. The molecule has 9 heteroatoms. The number of benzene rings is 1. The first-order valence-electron chi connectivity index (χ1n) is 10.8. The van der Waals surface area contributed by atoms with E-state index in [1.54, 1.807) is 23.1 Å². The van der Waals surface area contributed by atoms with Crippen molar-refractivity contribution in [3.05, 3.63) is 18.2 Å². The van der Waals surface area contributed by atoms with Crippen molar-refractivity contribution in [2.45, 2.75) is 51.9 Å². The Kier molecular flexibility index (Phi) is 8.75. The van der Waals surface area contributed by atoms with Gasteiger partial charge in [0.05, 0.1) is 5.75 Å². The van der Waals surface area contributed by atoms with E-state index in [1.807, 2.05) is 0 Å². The average molecular weight is 448 g/mol. The quantitative estimate of drug-likeness (QED) is 0.435. The molecule has 1 aromatic rings. The summed E-state index contributed by atoms with van der Waals surface area (Å²) in [6.07, 6.45) is 6.41. The highest BCUT2D eigenvalue weighted by Gasteiger charge is 2.28. The van der Waals surface area contributed by atoms with Crippen molar-refractivity contribution in [1.82, 2.24) is 4.90 Å². The van der Waals surface area contributed by atoms with Crippen molar-refractivity contribution >= 4 is 40.3 Å². The predicted molar refractivity (Wildman–Crippen MR) is 121 cm³/mol. The Morgan fingerprint density at radius 2 is 1.84 bits per heavy atom. The number of rotatable bonds is 10. The Labute approximate surface area is 186 Å². The third kappa shape index (κ3) is 6.99. The third-order valence-electron chi connectivity index (χ3n) is 4.95. The normalized spacial score (nSPS) is 15.6. The van der Waals surface area contributed by atoms with Crippen molar-refractivity contribution in [3.63, 3.8) is 0 Å². The highest BCUT2D eigenvalue weighted by molar-refractivity contribution is 8.14. The van der Waals surface area contributed by atoms with Crippen LogP contribution in [-0.4, -0.2) is 53.3 Å². The van der Waals surface area contributed by atoms with E-state index < -0.39 is 5.91 Å². The van der Waals surface area contributed by atoms with Gasteiger partial charge in [-0.2, -0.15) is 4.99 Å². The monoisotopic (exact) mass is 447 g/mol. The number of fused-ring (bicyclic) bond motifs is 1. The highest BCUT2D eigenvalue weighted by atomic mass is 32.2. The molecular weight excluding hydrogens is 418 g/mol. The van der Waals surface area contributed by atoms with Crippen LogP contribution in [-0.2, 0) is 14.4 Å². The summed E-state index contributed by atoms with van der Waals surface area (Å²) in [5, 5.41) is 3.11. The average Bonchev–Trinajstić information content (AvgIpc) is 2.75. The molecule has 0 fully saturated rings. The van der Waals surface area contributed by atoms with E-state index in [1.165, 1.54) is 19.3 Å². The first-order valence-corrected chi connectivity index (χ1v) is 11.8. The molecular formula is C22H29N3O5S. The van der Waals surface area contributed by atoms with Crippen molar-refractivity contribution in [3.8, 4) is 11.5 Å². The van der Waals surface area contributed by atoms with Gasteiger partial charge in [0.1, 0.15) is 19.6 Å². The maximum absolute atomic E-state index is 12.4. The van der Waals surface area contributed by atoms with Crippen molar-refractivity contribution in [2.75, 3.05) is 30.8 Å². The molecule has 0 aliphatic carbocycles. The number of hydrogen-bond donors (Lipinski definition) is 1. The second kappa shape index (κ2) is 11.7. The van der Waals surface area contributed by atoms with Crippen molar-refractivity contribution in [2.24, 2.45) is 4.99 Å². The lowest BCUT2D eigenvalue weighted by molar-refractivity contribution is -0.133. The molecule has 1 N–H and O–H groups in total. The minimum Gasteiger partial charge on any atom is -0.486 e. The van der Waals surface area contributed by atoms with Gasteiger partial charge in [0.15, 0.2) is 16.7 Å². The summed E-state index contributed by atoms with van der Waals surface area (Å²) in [4.78, 5) is 42.1. The standard InChI is InChI=1S/C22H29N3O5S/c1-2-3-4-5-6-7-10-25-21(28)14-19(26)24-22(25)31-15-20(27)23-16-8-9-17-18(13-16)30-12-11-29-17/h8-9,13H,2-7,10-12,14-15H2,1H3,(H,23,27). The molecule has 2 aliphatic rings. The van der Waals surface area contributed by atoms with E-state index in [-0.39, 0.29) is 24.0 Å². The van der Waals surface area contributed by atoms with Gasteiger partial charge >= 0.3 is 0 Å². The maximum Gasteiger partial charge on any atom is 0.257 e. The molecule has 0 saturated heterocycles. The third-order valence-corrected chi connectivity index (χ3v) is 5.92. The van der Waals surface area contributed by atoms with Crippen LogP contribution in [0.15, 0.2) is 23.2 Å². The van der Waals surface area contributed by atoms with Crippen LogP contribution in [0.5, 0.6) is 11.5 Å². The largest absolute Gasteiger partial charge is 0.486 e. The second-order valence-electron chi connectivity index (χ2n) is 7.47. The number of unbranched alkanes of at least 4 members (excludes halogenated alkanes) is 5. The Hall–Kier alpha value is -2.55. The topological polar surface area (TPSA) is 97.3 Å². The van der Waals surface area contributed by atoms with Crippen LogP contribution in [0.2, 0.25) is 0 Å². The zero-order chi connectivity index (χ0) is 22.1. The zero-order valence-electron chi connectivity index (χ0n) is 17.9. The number of carbonyl (C=O) groups excluding carboxylic acids is 3.